The van der Waals surface area contributed by atoms with E-state index in [1.807, 2.05) is 12.1 Å². The van der Waals surface area contributed by atoms with Crippen molar-refractivity contribution < 1.29 is 14.3 Å². The van der Waals surface area contributed by atoms with Crippen molar-refractivity contribution in [2.24, 2.45) is 5.92 Å². The summed E-state index contributed by atoms with van der Waals surface area (Å²) in [5.41, 5.74) is 0.865. The second-order valence-corrected chi connectivity index (χ2v) is 8.11. The van der Waals surface area contributed by atoms with Crippen LogP contribution in [0.5, 0.6) is 5.75 Å². The van der Waals surface area contributed by atoms with E-state index < -0.39 is 0 Å². The van der Waals surface area contributed by atoms with Crippen molar-refractivity contribution in [2.45, 2.75) is 37.1 Å². The third-order valence-electron chi connectivity index (χ3n) is 6.50. The maximum atomic E-state index is 13.5. The molecule has 0 radical (unpaired) electrons. The van der Waals surface area contributed by atoms with Gasteiger partial charge in [-0.2, -0.15) is 0 Å². The van der Waals surface area contributed by atoms with Gasteiger partial charge in [-0.3, -0.25) is 9.69 Å². The number of carbonyl (C=O) groups excluding carboxylic acids is 1. The maximum Gasteiger partial charge on any atom is 0.233 e. The fraction of sp³-hybridized carbons (Fsp3) is 0.667. The molecule has 0 unspecified atom stereocenters. The first-order valence-corrected chi connectivity index (χ1v) is 9.83. The Kier molecular flexibility index (Phi) is 4.93. The molecule has 1 aromatic rings. The number of hydrogen-bond donors (Lipinski definition) is 0. The average molecular weight is 358 g/mol. The Labute approximate surface area is 156 Å². The van der Waals surface area contributed by atoms with Gasteiger partial charge in [0.05, 0.1) is 19.1 Å². The second kappa shape index (κ2) is 7.20. The van der Waals surface area contributed by atoms with Crippen molar-refractivity contribution in [2.75, 3.05) is 47.0 Å². The molecule has 5 nitrogen and oxygen atoms in total. The van der Waals surface area contributed by atoms with Gasteiger partial charge in [0.2, 0.25) is 5.91 Å². The van der Waals surface area contributed by atoms with Crippen LogP contribution in [-0.4, -0.2) is 68.8 Å². The minimum Gasteiger partial charge on any atom is -0.497 e. The molecule has 3 saturated heterocycles. The molecule has 0 aromatic heterocycles. The normalized spacial score (nSPS) is 27.2. The highest BCUT2D eigenvalue weighted by molar-refractivity contribution is 5.91. The van der Waals surface area contributed by atoms with Crippen LogP contribution in [0.3, 0.4) is 0 Å². The first-order valence-electron chi connectivity index (χ1n) is 9.83. The Balaban J connectivity index is 1.49. The molecule has 3 aliphatic heterocycles. The number of nitrogens with zero attached hydrogens (tertiary/aromatic N) is 2. The highest BCUT2D eigenvalue weighted by atomic mass is 16.5. The van der Waals surface area contributed by atoms with E-state index >= 15 is 0 Å². The summed E-state index contributed by atoms with van der Waals surface area (Å²) in [4.78, 5) is 18.2. The van der Waals surface area contributed by atoms with Crippen molar-refractivity contribution in [1.29, 1.82) is 0 Å². The molecule has 2 bridgehead atoms. The largest absolute Gasteiger partial charge is 0.497 e. The van der Waals surface area contributed by atoms with Crippen LogP contribution in [0.4, 0.5) is 0 Å². The smallest absolute Gasteiger partial charge is 0.233 e. The number of methoxy groups -OCH3 is 2. The zero-order valence-corrected chi connectivity index (χ0v) is 15.9. The molecule has 5 rings (SSSR count). The van der Waals surface area contributed by atoms with Crippen molar-refractivity contribution in [3.63, 3.8) is 0 Å². The van der Waals surface area contributed by atoms with E-state index in [-0.39, 0.29) is 5.41 Å². The Bertz CT molecular complexity index is 641. The SMILES string of the molecule is COCCN1C[C@@H]2CC[C@H]1CN(C(=O)C1(c3ccc(OC)cc3)CC1)C2. The number of ether oxygens (including phenoxy) is 2. The summed E-state index contributed by atoms with van der Waals surface area (Å²) in [6.07, 6.45) is 4.38. The number of fused-ring (bicyclic) bond motifs is 4. The summed E-state index contributed by atoms with van der Waals surface area (Å²) >= 11 is 0. The Morgan fingerprint density at radius 1 is 1.12 bits per heavy atom. The van der Waals surface area contributed by atoms with E-state index in [2.05, 4.69) is 21.9 Å². The lowest BCUT2D eigenvalue weighted by atomic mass is 9.93. The number of hydrogen-bond acceptors (Lipinski definition) is 4. The highest BCUT2D eigenvalue weighted by Crippen LogP contribution is 2.50. The van der Waals surface area contributed by atoms with Crippen molar-refractivity contribution >= 4 is 5.91 Å². The van der Waals surface area contributed by atoms with E-state index in [1.165, 1.54) is 12.8 Å². The first-order chi connectivity index (χ1) is 12.7. The van der Waals surface area contributed by atoms with Gasteiger partial charge >= 0.3 is 0 Å². The van der Waals surface area contributed by atoms with Gasteiger partial charge in [0.15, 0.2) is 0 Å². The van der Waals surface area contributed by atoms with Crippen LogP contribution < -0.4 is 4.74 Å². The van der Waals surface area contributed by atoms with Gasteiger partial charge in [0.1, 0.15) is 5.75 Å². The lowest BCUT2D eigenvalue weighted by Gasteiger charge is -2.35. The summed E-state index contributed by atoms with van der Waals surface area (Å²) < 4.78 is 10.5. The Morgan fingerprint density at radius 3 is 2.54 bits per heavy atom. The molecular weight excluding hydrogens is 328 g/mol. The predicted octanol–water partition coefficient (Wildman–Crippen LogP) is 2.30. The Morgan fingerprint density at radius 2 is 1.88 bits per heavy atom. The first kappa shape index (κ1) is 17.8. The van der Waals surface area contributed by atoms with E-state index in [0.29, 0.717) is 17.9 Å². The van der Waals surface area contributed by atoms with Gasteiger partial charge < -0.3 is 14.4 Å². The molecule has 0 spiro atoms. The molecule has 4 fully saturated rings. The quantitative estimate of drug-likeness (QED) is 0.783. The maximum absolute atomic E-state index is 13.5. The molecule has 1 amide bonds. The van der Waals surface area contributed by atoms with Crippen LogP contribution in [-0.2, 0) is 14.9 Å². The minimum absolute atomic E-state index is 0.284. The highest BCUT2D eigenvalue weighted by Gasteiger charge is 2.54. The van der Waals surface area contributed by atoms with E-state index in [0.717, 1.165) is 56.9 Å². The molecule has 4 aliphatic rings. The second-order valence-electron chi connectivity index (χ2n) is 8.11. The summed E-state index contributed by atoms with van der Waals surface area (Å²) in [7, 11) is 3.44. The molecule has 2 atom stereocenters. The monoisotopic (exact) mass is 358 g/mol. The van der Waals surface area contributed by atoms with Crippen molar-refractivity contribution in [3.8, 4) is 5.75 Å². The van der Waals surface area contributed by atoms with E-state index in [9.17, 15) is 4.79 Å². The summed E-state index contributed by atoms with van der Waals surface area (Å²) in [5.74, 6) is 1.79. The molecular formula is C21H30N2O3. The fourth-order valence-corrected chi connectivity index (χ4v) is 4.79. The van der Waals surface area contributed by atoms with Crippen LogP contribution >= 0.6 is 0 Å². The number of piperidine rings is 1. The summed E-state index contributed by atoms with van der Waals surface area (Å²) in [6, 6.07) is 8.57. The van der Waals surface area contributed by atoms with Crippen LogP contribution in [0.15, 0.2) is 24.3 Å². The minimum atomic E-state index is -0.284. The third kappa shape index (κ3) is 3.23. The zero-order valence-electron chi connectivity index (χ0n) is 15.9. The molecule has 0 N–H and O–H groups in total. The van der Waals surface area contributed by atoms with Gasteiger partial charge in [-0.15, -0.1) is 0 Å². The lowest BCUT2D eigenvalue weighted by molar-refractivity contribution is -0.134. The molecule has 1 saturated carbocycles. The van der Waals surface area contributed by atoms with Crippen LogP contribution in [0, 0.1) is 5.92 Å². The van der Waals surface area contributed by atoms with Crippen LogP contribution in [0.25, 0.3) is 0 Å². The van der Waals surface area contributed by atoms with Crippen LogP contribution in [0.2, 0.25) is 0 Å². The number of benzene rings is 1. The van der Waals surface area contributed by atoms with E-state index in [4.69, 9.17) is 9.47 Å². The fourth-order valence-electron chi connectivity index (χ4n) is 4.79. The Hall–Kier alpha value is -1.59. The molecule has 1 aromatic carbocycles. The van der Waals surface area contributed by atoms with Gasteiger partial charge in [0.25, 0.3) is 0 Å². The predicted molar refractivity (Wildman–Crippen MR) is 100 cm³/mol. The summed E-state index contributed by atoms with van der Waals surface area (Å²) in [5, 5.41) is 0. The molecule has 142 valence electrons. The topological polar surface area (TPSA) is 42.0 Å². The zero-order chi connectivity index (χ0) is 18.1. The van der Waals surface area contributed by atoms with Gasteiger partial charge in [-0.25, -0.2) is 0 Å². The van der Waals surface area contributed by atoms with E-state index in [1.54, 1.807) is 14.2 Å². The average Bonchev–Trinajstić information content (AvgIpc) is 3.51. The summed E-state index contributed by atoms with van der Waals surface area (Å²) in [6.45, 7) is 4.64. The number of amides is 1. The van der Waals surface area contributed by atoms with Crippen LogP contribution in [0.1, 0.15) is 31.2 Å². The van der Waals surface area contributed by atoms with Crippen molar-refractivity contribution in [3.05, 3.63) is 29.8 Å². The molecule has 1 aliphatic carbocycles. The van der Waals surface area contributed by atoms with Gasteiger partial charge in [-0.1, -0.05) is 12.1 Å². The molecule has 5 heteroatoms. The van der Waals surface area contributed by atoms with Gasteiger partial charge in [-0.05, 0) is 49.3 Å². The standard InChI is InChI=1S/C21H30N2O3/c1-25-12-11-22-13-16-3-6-18(22)15-23(14-16)20(24)21(9-10-21)17-4-7-19(26-2)8-5-17/h4-5,7-8,16,18H,3,6,9-15H2,1-2H3/t16-,18-/m0/s1. The molecule has 26 heavy (non-hydrogen) atoms. The third-order valence-corrected chi connectivity index (χ3v) is 6.50. The van der Waals surface area contributed by atoms with Gasteiger partial charge in [0, 0.05) is 39.3 Å². The number of carbonyl (C=O) groups is 1. The molecule has 3 heterocycles. The van der Waals surface area contributed by atoms with Crippen molar-refractivity contribution in [1.82, 2.24) is 9.80 Å². The lowest BCUT2D eigenvalue weighted by Crippen LogP contribution is -2.47. The number of rotatable bonds is 6.